The average molecular weight is 533 g/mol. The average Bonchev–Trinajstić information content (AvgIpc) is 3.22. The number of rotatable bonds is 9. The van der Waals surface area contributed by atoms with Gasteiger partial charge in [0.05, 0.1) is 21.7 Å². The minimum absolute atomic E-state index is 0.0604. The van der Waals surface area contributed by atoms with Crippen molar-refractivity contribution in [2.45, 2.75) is 32.0 Å². The molecule has 0 aliphatic heterocycles. The summed E-state index contributed by atoms with van der Waals surface area (Å²) in [5.74, 6) is 0.393. The second-order valence-corrected chi connectivity index (χ2v) is 11.4. The summed E-state index contributed by atoms with van der Waals surface area (Å²) in [5, 5.41) is 5.93. The van der Waals surface area contributed by atoms with Gasteiger partial charge in [-0.2, -0.15) is 0 Å². The van der Waals surface area contributed by atoms with E-state index in [9.17, 15) is 9.59 Å². The third-order valence-corrected chi connectivity index (χ3v) is 8.76. The Kier molecular flexibility index (Phi) is 9.75. The number of aryl methyl sites for hydroxylation is 2. The van der Waals surface area contributed by atoms with Gasteiger partial charge in [0.2, 0.25) is 11.8 Å². The van der Waals surface area contributed by atoms with Crippen LogP contribution in [0.15, 0.2) is 40.7 Å². The van der Waals surface area contributed by atoms with E-state index in [2.05, 4.69) is 20.5 Å². The van der Waals surface area contributed by atoms with Crippen molar-refractivity contribution < 1.29 is 9.59 Å². The van der Waals surface area contributed by atoms with Crippen molar-refractivity contribution in [2.24, 2.45) is 0 Å². The first-order chi connectivity index (χ1) is 16.3. The van der Waals surface area contributed by atoms with Gasteiger partial charge < -0.3 is 15.5 Å². The molecule has 0 aliphatic carbocycles. The molecule has 2 amide bonds. The number of benzene rings is 2. The van der Waals surface area contributed by atoms with Crippen molar-refractivity contribution in [2.75, 3.05) is 35.2 Å². The number of aromatic nitrogens is 1. The van der Waals surface area contributed by atoms with Crippen LogP contribution in [-0.2, 0) is 9.59 Å². The summed E-state index contributed by atoms with van der Waals surface area (Å²) in [6.07, 6.45) is 0. The summed E-state index contributed by atoms with van der Waals surface area (Å²) in [5.41, 5.74) is 4.52. The number of nitrogens with one attached hydrogen (secondary N) is 2. The molecular weight excluding hydrogens is 505 g/mol. The fourth-order valence-electron chi connectivity index (χ4n) is 3.25. The van der Waals surface area contributed by atoms with Crippen molar-refractivity contribution >= 4 is 84.8 Å². The van der Waals surface area contributed by atoms with E-state index in [0.717, 1.165) is 54.5 Å². The Labute approximate surface area is 218 Å². The third-order valence-electron chi connectivity index (χ3n) is 5.07. The third kappa shape index (κ3) is 7.18. The van der Waals surface area contributed by atoms with Gasteiger partial charge in [0.1, 0.15) is 4.32 Å². The van der Waals surface area contributed by atoms with Crippen molar-refractivity contribution in [3.8, 4) is 0 Å². The monoisotopic (exact) mass is 532 g/mol. The quantitative estimate of drug-likeness (QED) is 0.261. The van der Waals surface area contributed by atoms with E-state index in [4.69, 9.17) is 12.2 Å². The molecule has 6 nitrogen and oxygen atoms in total. The highest BCUT2D eigenvalue weighted by Crippen LogP contribution is 2.31. The Morgan fingerprint density at radius 2 is 1.71 bits per heavy atom. The molecule has 0 bridgehead atoms. The molecule has 180 valence electrons. The molecule has 0 radical (unpaired) electrons. The van der Waals surface area contributed by atoms with Gasteiger partial charge in [0, 0.05) is 24.5 Å². The van der Waals surface area contributed by atoms with E-state index >= 15 is 0 Å². The number of hydrogen-bond acceptors (Lipinski definition) is 7. The Bertz CT molecular complexity index is 1170. The zero-order chi connectivity index (χ0) is 24.7. The Hall–Kier alpha value is -2.14. The van der Waals surface area contributed by atoms with Crippen molar-refractivity contribution in [3.05, 3.63) is 47.5 Å². The second-order valence-electron chi connectivity index (χ2n) is 7.54. The number of carbonyl (C=O) groups excluding carboxylic acids is 2. The van der Waals surface area contributed by atoms with Crippen LogP contribution in [-0.4, -0.2) is 50.6 Å². The standard InChI is InChI=1S/C24H28N4O2S4/c1-5-28(6-2)24(31)33-14-20(29)25-17-10-11-18-19(12-17)34-23(26-18)32-13-21(30)27-22-15(3)8-7-9-16(22)4/h7-12H,5-6,13-14H2,1-4H3,(H,25,29)(H,27,30). The van der Waals surface area contributed by atoms with Crippen LogP contribution in [0.1, 0.15) is 25.0 Å². The number of thiazole rings is 1. The van der Waals surface area contributed by atoms with Gasteiger partial charge in [-0.05, 0) is 57.0 Å². The molecule has 0 spiro atoms. The summed E-state index contributed by atoms with van der Waals surface area (Å²) >= 11 is 9.68. The van der Waals surface area contributed by atoms with Crippen LogP contribution in [0.2, 0.25) is 0 Å². The fourth-order valence-corrected chi connectivity index (χ4v) is 6.37. The summed E-state index contributed by atoms with van der Waals surface area (Å²) < 4.78 is 2.51. The van der Waals surface area contributed by atoms with E-state index in [1.54, 1.807) is 0 Å². The largest absolute Gasteiger partial charge is 0.358 e. The highest BCUT2D eigenvalue weighted by atomic mass is 32.2. The van der Waals surface area contributed by atoms with Gasteiger partial charge in [-0.15, -0.1) is 11.3 Å². The molecule has 2 aromatic carbocycles. The lowest BCUT2D eigenvalue weighted by atomic mass is 10.1. The number of thioether (sulfide) groups is 2. The predicted molar refractivity (Wildman–Crippen MR) is 151 cm³/mol. The lowest BCUT2D eigenvalue weighted by Gasteiger charge is -2.20. The van der Waals surface area contributed by atoms with Crippen LogP contribution in [0, 0.1) is 13.8 Å². The number of carbonyl (C=O) groups is 2. The van der Waals surface area contributed by atoms with Crippen LogP contribution in [0.5, 0.6) is 0 Å². The maximum absolute atomic E-state index is 12.5. The zero-order valence-corrected chi connectivity index (χ0v) is 22.9. The van der Waals surface area contributed by atoms with E-state index in [1.165, 1.54) is 34.9 Å². The first-order valence-corrected chi connectivity index (χ1v) is 14.1. The first-order valence-electron chi connectivity index (χ1n) is 10.9. The number of anilines is 2. The Morgan fingerprint density at radius 1 is 1.03 bits per heavy atom. The fraction of sp³-hybridized carbons (Fsp3) is 0.333. The van der Waals surface area contributed by atoms with Gasteiger partial charge in [0.25, 0.3) is 0 Å². The van der Waals surface area contributed by atoms with Crippen LogP contribution < -0.4 is 10.6 Å². The molecule has 0 atom stereocenters. The van der Waals surface area contributed by atoms with Gasteiger partial charge in [-0.25, -0.2) is 4.98 Å². The van der Waals surface area contributed by atoms with Crippen LogP contribution in [0.4, 0.5) is 11.4 Å². The number of hydrogen-bond donors (Lipinski definition) is 2. The normalized spacial score (nSPS) is 10.8. The number of amides is 2. The lowest BCUT2D eigenvalue weighted by Crippen LogP contribution is -2.28. The van der Waals surface area contributed by atoms with Gasteiger partial charge in [0.15, 0.2) is 4.34 Å². The predicted octanol–water partition coefficient (Wildman–Crippen LogP) is 5.94. The van der Waals surface area contributed by atoms with Crippen molar-refractivity contribution in [1.29, 1.82) is 0 Å². The van der Waals surface area contributed by atoms with E-state index in [0.29, 0.717) is 0 Å². The minimum Gasteiger partial charge on any atom is -0.358 e. The molecule has 10 heteroatoms. The minimum atomic E-state index is -0.0962. The van der Waals surface area contributed by atoms with Gasteiger partial charge in [-0.1, -0.05) is 53.9 Å². The Morgan fingerprint density at radius 3 is 2.38 bits per heavy atom. The van der Waals surface area contributed by atoms with Crippen LogP contribution in [0.25, 0.3) is 10.2 Å². The Balaban J connectivity index is 1.55. The van der Waals surface area contributed by atoms with E-state index < -0.39 is 0 Å². The summed E-state index contributed by atoms with van der Waals surface area (Å²) in [6, 6.07) is 11.6. The highest BCUT2D eigenvalue weighted by Gasteiger charge is 2.13. The molecule has 0 unspecified atom stereocenters. The van der Waals surface area contributed by atoms with Crippen molar-refractivity contribution in [1.82, 2.24) is 9.88 Å². The van der Waals surface area contributed by atoms with Gasteiger partial charge >= 0.3 is 0 Å². The molecule has 0 fully saturated rings. The molecule has 0 saturated heterocycles. The second kappa shape index (κ2) is 12.5. The maximum atomic E-state index is 12.5. The zero-order valence-electron chi connectivity index (χ0n) is 19.6. The molecule has 1 heterocycles. The smallest absolute Gasteiger partial charge is 0.234 e. The molecular formula is C24H28N4O2S4. The molecule has 0 aliphatic rings. The summed E-state index contributed by atoms with van der Waals surface area (Å²) in [7, 11) is 0. The molecule has 2 N–H and O–H groups in total. The molecule has 34 heavy (non-hydrogen) atoms. The molecule has 3 rings (SSSR count). The van der Waals surface area contributed by atoms with Crippen molar-refractivity contribution in [3.63, 3.8) is 0 Å². The first kappa shape index (κ1) is 26.5. The van der Waals surface area contributed by atoms with Crippen LogP contribution in [0.3, 0.4) is 0 Å². The highest BCUT2D eigenvalue weighted by molar-refractivity contribution is 8.23. The van der Waals surface area contributed by atoms with Gasteiger partial charge in [-0.3, -0.25) is 9.59 Å². The molecule has 0 saturated carbocycles. The number of thiocarbonyl (C=S) groups is 1. The molecule has 1 aromatic heterocycles. The topological polar surface area (TPSA) is 74.3 Å². The SMILES string of the molecule is CCN(CC)C(=S)SCC(=O)Nc1ccc2nc(SCC(=O)Nc3c(C)cccc3C)sc2c1. The molecule has 3 aromatic rings. The van der Waals surface area contributed by atoms with E-state index in [-0.39, 0.29) is 23.3 Å². The van der Waals surface area contributed by atoms with E-state index in [1.807, 2.05) is 64.1 Å². The maximum Gasteiger partial charge on any atom is 0.234 e. The number of fused-ring (bicyclic) bond motifs is 1. The lowest BCUT2D eigenvalue weighted by molar-refractivity contribution is -0.114. The van der Waals surface area contributed by atoms with Crippen LogP contribution >= 0.6 is 47.1 Å². The summed E-state index contributed by atoms with van der Waals surface area (Å²) in [4.78, 5) is 31.5. The number of para-hydroxylation sites is 1. The number of nitrogens with zero attached hydrogens (tertiary/aromatic N) is 2. The summed E-state index contributed by atoms with van der Waals surface area (Å²) in [6.45, 7) is 9.73.